The average Bonchev–Trinajstić information content (AvgIpc) is 2.95. The van der Waals surface area contributed by atoms with E-state index in [4.69, 9.17) is 3.63 Å². The summed E-state index contributed by atoms with van der Waals surface area (Å²) in [6, 6.07) is 28.5. The third kappa shape index (κ3) is 5.74. The zero-order chi connectivity index (χ0) is 29.0. The molecule has 1 atom stereocenters. The van der Waals surface area contributed by atoms with Crippen molar-refractivity contribution in [2.45, 2.75) is 32.2 Å². The molecule has 0 aliphatic rings. The molecule has 0 aromatic heterocycles. The molecule has 40 heavy (non-hydrogen) atoms. The smallest absolute Gasteiger partial charge is 0.432 e. The number of esters is 1. The predicted molar refractivity (Wildman–Crippen MR) is 138 cm³/mol. The number of halogens is 5. The lowest BCUT2D eigenvalue weighted by molar-refractivity contribution is -0.247. The Labute approximate surface area is 228 Å². The molecule has 4 rings (SSSR count). The monoisotopic (exact) mass is 596 g/mol. The van der Waals surface area contributed by atoms with Gasteiger partial charge in [0.2, 0.25) is 0 Å². The summed E-state index contributed by atoms with van der Waals surface area (Å²) < 4.78 is 109. The van der Waals surface area contributed by atoms with E-state index in [1.54, 1.807) is 18.2 Å². The van der Waals surface area contributed by atoms with Crippen LogP contribution in [0.2, 0.25) is 0 Å². The minimum absolute atomic E-state index is 0.122. The first-order valence-electron chi connectivity index (χ1n) is 11.5. The van der Waals surface area contributed by atoms with Crippen molar-refractivity contribution in [3.8, 4) is 0 Å². The summed E-state index contributed by atoms with van der Waals surface area (Å²) in [7, 11) is -10.1. The number of ether oxygens (including phenoxy) is 1. The Kier molecular flexibility index (Phi) is 8.33. The third-order valence-electron chi connectivity index (χ3n) is 5.59. The van der Waals surface area contributed by atoms with Gasteiger partial charge in [-0.3, -0.25) is 0 Å². The van der Waals surface area contributed by atoms with Crippen LogP contribution in [0.5, 0.6) is 0 Å². The van der Waals surface area contributed by atoms with Crippen LogP contribution >= 0.6 is 10.3 Å². The summed E-state index contributed by atoms with van der Waals surface area (Å²) >= 11 is 0. The van der Waals surface area contributed by atoms with Gasteiger partial charge >= 0.3 is 27.5 Å². The highest BCUT2D eigenvalue weighted by Crippen LogP contribution is 2.70. The minimum Gasteiger partial charge on any atom is -0.441 e. The lowest BCUT2D eigenvalue weighted by Gasteiger charge is -2.40. The maximum Gasteiger partial charge on any atom is 0.432 e. The molecule has 0 amide bonds. The molecule has 0 N–H and O–H groups in total. The van der Waals surface area contributed by atoms with Gasteiger partial charge in [0.05, 0.1) is 5.56 Å². The first kappa shape index (κ1) is 29.2. The largest absolute Gasteiger partial charge is 0.441 e. The van der Waals surface area contributed by atoms with Crippen LogP contribution in [-0.2, 0) is 18.5 Å². The van der Waals surface area contributed by atoms with Crippen LogP contribution in [0.15, 0.2) is 136 Å². The van der Waals surface area contributed by atoms with E-state index < -0.39 is 49.5 Å². The highest BCUT2D eigenvalue weighted by Gasteiger charge is 2.68. The number of hydrogen-bond acceptors (Lipinski definition) is 5. The second-order valence-corrected chi connectivity index (χ2v) is 12.8. The van der Waals surface area contributed by atoms with Crippen molar-refractivity contribution in [2.24, 2.45) is 0 Å². The summed E-state index contributed by atoms with van der Waals surface area (Å²) in [6.07, 6.45) is -10.3. The molecule has 4 aromatic carbocycles. The molecular weight excluding hydrogens is 575 g/mol. The van der Waals surface area contributed by atoms with Gasteiger partial charge in [0.25, 0.3) is 6.10 Å². The van der Waals surface area contributed by atoms with Crippen LogP contribution < -0.4 is 0 Å². The van der Waals surface area contributed by atoms with E-state index in [0.29, 0.717) is 0 Å². The molecule has 12 heteroatoms. The van der Waals surface area contributed by atoms with Gasteiger partial charge in [0, 0.05) is 14.7 Å². The van der Waals surface area contributed by atoms with Gasteiger partial charge in [-0.25, -0.2) is 8.42 Å². The summed E-state index contributed by atoms with van der Waals surface area (Å²) in [5.41, 5.74) is -0.483. The molecule has 4 aromatic rings. The molecule has 5 nitrogen and oxygen atoms in total. The molecule has 0 spiro atoms. The van der Waals surface area contributed by atoms with Crippen molar-refractivity contribution < 1.29 is 43.5 Å². The Morgan fingerprint density at radius 3 is 1.30 bits per heavy atom. The van der Waals surface area contributed by atoms with Gasteiger partial charge in [-0.1, -0.05) is 72.8 Å². The van der Waals surface area contributed by atoms with Crippen molar-refractivity contribution in [3.05, 3.63) is 127 Å². The van der Waals surface area contributed by atoms with Crippen LogP contribution in [0.25, 0.3) is 0 Å². The number of rotatable bonds is 9. The molecule has 210 valence electrons. The zero-order valence-electron chi connectivity index (χ0n) is 20.4. The summed E-state index contributed by atoms with van der Waals surface area (Å²) in [6.45, 7) is 0. The normalized spacial score (nSPS) is 13.8. The third-order valence-corrected chi connectivity index (χ3v) is 10.8. The van der Waals surface area contributed by atoms with Crippen molar-refractivity contribution >= 4 is 26.4 Å². The van der Waals surface area contributed by atoms with E-state index in [1.807, 2.05) is 0 Å². The molecule has 0 bridgehead atoms. The number of benzene rings is 4. The van der Waals surface area contributed by atoms with Gasteiger partial charge < -0.3 is 4.74 Å². The van der Waals surface area contributed by atoms with Crippen LogP contribution in [0.4, 0.5) is 22.0 Å². The van der Waals surface area contributed by atoms with Crippen LogP contribution in [-0.4, -0.2) is 31.9 Å². The van der Waals surface area contributed by atoms with Crippen molar-refractivity contribution in [1.82, 2.24) is 0 Å². The maximum atomic E-state index is 15.6. The Morgan fingerprint density at radius 2 is 0.950 bits per heavy atom. The SMILES string of the molecule is O=C(OC(C(F)(F)F)C(F)(F)S(=O)(=O)OS(c1ccccc1)(c1ccccc1)c1ccccc1)c1ccccc1. The number of hydrogen-bond donors (Lipinski definition) is 0. The van der Waals surface area contributed by atoms with Crippen molar-refractivity contribution in [3.63, 3.8) is 0 Å². The predicted octanol–water partition coefficient (Wildman–Crippen LogP) is 7.61. The van der Waals surface area contributed by atoms with Gasteiger partial charge in [-0.05, 0) is 58.8 Å². The summed E-state index contributed by atoms with van der Waals surface area (Å²) in [5, 5.41) is -5.74. The molecule has 0 aliphatic heterocycles. The van der Waals surface area contributed by atoms with Crippen molar-refractivity contribution in [1.29, 1.82) is 0 Å². The molecule has 0 fully saturated rings. The molecule has 0 saturated heterocycles. The fraction of sp³-hybridized carbons (Fsp3) is 0.107. The molecule has 1 unspecified atom stereocenters. The van der Waals surface area contributed by atoms with Gasteiger partial charge in [-0.15, -0.1) is 0 Å². The van der Waals surface area contributed by atoms with Crippen LogP contribution in [0, 0.1) is 0 Å². The Bertz CT molecular complexity index is 1440. The Balaban J connectivity index is 1.88. The first-order valence-corrected chi connectivity index (χ1v) is 14.5. The molecular formula is C28H21F5O5S2. The lowest BCUT2D eigenvalue weighted by Crippen LogP contribution is -2.52. The maximum absolute atomic E-state index is 15.6. The van der Waals surface area contributed by atoms with Gasteiger partial charge in [0.1, 0.15) is 0 Å². The number of carbonyl (C=O) groups is 1. The van der Waals surface area contributed by atoms with Gasteiger partial charge in [-0.2, -0.15) is 30.4 Å². The average molecular weight is 597 g/mol. The zero-order valence-corrected chi connectivity index (χ0v) is 22.0. The van der Waals surface area contributed by atoms with Crippen LogP contribution in [0.1, 0.15) is 10.4 Å². The van der Waals surface area contributed by atoms with Crippen molar-refractivity contribution in [2.75, 3.05) is 0 Å². The fourth-order valence-electron chi connectivity index (χ4n) is 3.75. The molecule has 0 heterocycles. The topological polar surface area (TPSA) is 69.7 Å². The minimum atomic E-state index is -6.47. The second kappa shape index (κ2) is 11.4. The molecule has 0 saturated carbocycles. The highest BCUT2D eigenvalue weighted by atomic mass is 32.3. The summed E-state index contributed by atoms with van der Waals surface area (Å²) in [4.78, 5) is 12.7. The number of carbonyl (C=O) groups excluding carboxylic acids is 1. The molecule has 0 radical (unpaired) electrons. The Morgan fingerprint density at radius 1 is 0.600 bits per heavy atom. The standard InChI is InChI=1S/C28H21F5O5S2/c29-27(30,31)26(37-25(34)21-13-5-1-6-14-21)28(32,33)40(35,36)38-39(22-15-7-2-8-16-22,23-17-9-3-10-18-23)24-19-11-4-12-20-24/h1-20,26H. The van der Waals surface area contributed by atoms with E-state index in [9.17, 15) is 26.4 Å². The second-order valence-electron chi connectivity index (χ2n) is 8.27. The van der Waals surface area contributed by atoms with Gasteiger partial charge in [0.15, 0.2) is 0 Å². The van der Waals surface area contributed by atoms with E-state index >= 15 is 8.78 Å². The summed E-state index contributed by atoms with van der Waals surface area (Å²) in [5.74, 6) is -1.79. The Hall–Kier alpha value is -3.74. The van der Waals surface area contributed by atoms with E-state index in [2.05, 4.69) is 4.74 Å². The van der Waals surface area contributed by atoms with Crippen LogP contribution in [0.3, 0.4) is 0 Å². The molecule has 0 aliphatic carbocycles. The van der Waals surface area contributed by atoms with E-state index in [1.165, 1.54) is 91.0 Å². The lowest BCUT2D eigenvalue weighted by atomic mass is 10.2. The quantitative estimate of drug-likeness (QED) is 0.147. The highest BCUT2D eigenvalue weighted by molar-refractivity contribution is 8.33. The van der Waals surface area contributed by atoms with E-state index in [-0.39, 0.29) is 14.7 Å². The fourth-order valence-corrected chi connectivity index (χ4v) is 9.01. The first-order chi connectivity index (χ1) is 18.9. The number of alkyl halides is 5. The van der Waals surface area contributed by atoms with E-state index in [0.717, 1.165) is 12.1 Å².